The highest BCUT2D eigenvalue weighted by Gasteiger charge is 2.31. The predicted octanol–water partition coefficient (Wildman–Crippen LogP) is 1.62. The Hall–Kier alpha value is -1.63. The summed E-state index contributed by atoms with van der Waals surface area (Å²) in [5, 5.41) is 2.88. The lowest BCUT2D eigenvalue weighted by Gasteiger charge is -2.24. The van der Waals surface area contributed by atoms with Crippen LogP contribution in [-0.4, -0.2) is 50.4 Å². The first-order valence-electron chi connectivity index (χ1n) is 8.10. The van der Waals surface area contributed by atoms with Crippen LogP contribution in [0.25, 0.3) is 0 Å². The lowest BCUT2D eigenvalue weighted by Crippen LogP contribution is -2.33. The average molecular weight is 339 g/mol. The second kappa shape index (κ2) is 7.77. The number of carbonyl (C=O) groups excluding carboxylic acids is 1. The van der Waals surface area contributed by atoms with Crippen molar-refractivity contribution in [2.45, 2.75) is 38.6 Å². The van der Waals surface area contributed by atoms with Gasteiger partial charge in [-0.1, -0.05) is 19.8 Å². The molecule has 6 nitrogen and oxygen atoms in total. The second-order valence-electron chi connectivity index (χ2n) is 6.04. The molecule has 2 heterocycles. The molecule has 1 unspecified atom stereocenters. The van der Waals surface area contributed by atoms with Crippen LogP contribution in [0.1, 0.15) is 43.0 Å². The van der Waals surface area contributed by atoms with Crippen LogP contribution in [0.5, 0.6) is 0 Å². The monoisotopic (exact) mass is 339 g/mol. The van der Waals surface area contributed by atoms with Crippen molar-refractivity contribution in [2.75, 3.05) is 30.0 Å². The minimum Gasteiger partial charge on any atom is -0.356 e. The number of hydrogen-bond acceptors (Lipinski definition) is 5. The van der Waals surface area contributed by atoms with E-state index in [4.69, 9.17) is 0 Å². The Morgan fingerprint density at radius 3 is 2.74 bits per heavy atom. The number of nitrogens with one attached hydrogen (secondary N) is 1. The van der Waals surface area contributed by atoms with E-state index in [1.165, 1.54) is 0 Å². The van der Waals surface area contributed by atoms with Crippen molar-refractivity contribution in [1.82, 2.24) is 10.3 Å². The SMILES string of the molecule is CCCCCNC(=O)c1ccc(N(C)C2CCS(=O)(=O)C2)nc1. The van der Waals surface area contributed by atoms with E-state index >= 15 is 0 Å². The molecule has 2 rings (SSSR count). The van der Waals surface area contributed by atoms with Gasteiger partial charge in [0.1, 0.15) is 5.82 Å². The van der Waals surface area contributed by atoms with E-state index < -0.39 is 9.84 Å². The number of nitrogens with zero attached hydrogens (tertiary/aromatic N) is 2. The molecule has 0 radical (unpaired) electrons. The second-order valence-corrected chi connectivity index (χ2v) is 8.26. The minimum atomic E-state index is -2.92. The highest BCUT2D eigenvalue weighted by Crippen LogP contribution is 2.21. The maximum absolute atomic E-state index is 12.0. The van der Waals surface area contributed by atoms with Crippen LogP contribution in [0, 0.1) is 0 Å². The highest BCUT2D eigenvalue weighted by atomic mass is 32.2. The number of sulfone groups is 1. The largest absolute Gasteiger partial charge is 0.356 e. The standard InChI is InChI=1S/C16H25N3O3S/c1-3-4-5-9-17-16(20)13-6-7-15(18-11-13)19(2)14-8-10-23(21,22)12-14/h6-7,11,14H,3-5,8-10,12H2,1-2H3,(H,17,20). The van der Waals surface area contributed by atoms with Gasteiger partial charge in [0.2, 0.25) is 0 Å². The summed E-state index contributed by atoms with van der Waals surface area (Å²) in [5.74, 6) is 0.978. The van der Waals surface area contributed by atoms with Gasteiger partial charge in [-0.2, -0.15) is 0 Å². The lowest BCUT2D eigenvalue weighted by atomic mass is 10.2. The molecule has 23 heavy (non-hydrogen) atoms. The zero-order valence-corrected chi connectivity index (χ0v) is 14.6. The lowest BCUT2D eigenvalue weighted by molar-refractivity contribution is 0.0952. The van der Waals surface area contributed by atoms with E-state index in [0.717, 1.165) is 19.3 Å². The van der Waals surface area contributed by atoms with Crippen LogP contribution < -0.4 is 10.2 Å². The Labute approximate surface area is 138 Å². The highest BCUT2D eigenvalue weighted by molar-refractivity contribution is 7.91. The van der Waals surface area contributed by atoms with Crippen molar-refractivity contribution < 1.29 is 13.2 Å². The van der Waals surface area contributed by atoms with E-state index in [2.05, 4.69) is 17.2 Å². The van der Waals surface area contributed by atoms with Gasteiger partial charge in [-0.25, -0.2) is 13.4 Å². The Morgan fingerprint density at radius 1 is 1.39 bits per heavy atom. The molecule has 1 amide bonds. The molecule has 0 bridgehead atoms. The third-order valence-electron chi connectivity index (χ3n) is 4.19. The molecular formula is C16H25N3O3S. The van der Waals surface area contributed by atoms with E-state index in [1.807, 2.05) is 11.9 Å². The van der Waals surface area contributed by atoms with E-state index in [1.54, 1.807) is 18.3 Å². The molecule has 1 aliphatic rings. The molecule has 7 heteroatoms. The summed E-state index contributed by atoms with van der Waals surface area (Å²) in [4.78, 5) is 18.2. The van der Waals surface area contributed by atoms with Crippen LogP contribution in [0.2, 0.25) is 0 Å². The summed E-state index contributed by atoms with van der Waals surface area (Å²) in [6.45, 7) is 2.80. The predicted molar refractivity (Wildman–Crippen MR) is 91.6 cm³/mol. The molecule has 0 saturated carbocycles. The summed E-state index contributed by atoms with van der Waals surface area (Å²) in [7, 11) is -1.07. The number of unbranched alkanes of at least 4 members (excludes halogenated alkanes) is 2. The molecule has 0 spiro atoms. The summed E-state index contributed by atoms with van der Waals surface area (Å²) in [6, 6.07) is 3.46. The third-order valence-corrected chi connectivity index (χ3v) is 5.94. The fourth-order valence-corrected chi connectivity index (χ4v) is 4.45. The first kappa shape index (κ1) is 17.7. The van der Waals surface area contributed by atoms with Crippen LogP contribution in [0.4, 0.5) is 5.82 Å². The Morgan fingerprint density at radius 2 is 2.17 bits per heavy atom. The summed E-state index contributed by atoms with van der Waals surface area (Å²) >= 11 is 0. The molecule has 1 saturated heterocycles. The van der Waals surface area contributed by atoms with Crippen LogP contribution in [-0.2, 0) is 9.84 Å². The zero-order valence-electron chi connectivity index (χ0n) is 13.8. The number of pyridine rings is 1. The van der Waals surface area contributed by atoms with Gasteiger partial charge in [-0.3, -0.25) is 4.79 Å². The normalized spacial score (nSPS) is 19.5. The molecule has 128 valence electrons. The molecule has 1 aromatic heterocycles. The number of aromatic nitrogens is 1. The van der Waals surface area contributed by atoms with Gasteiger partial charge in [0.25, 0.3) is 5.91 Å². The van der Waals surface area contributed by atoms with E-state index in [0.29, 0.717) is 24.3 Å². The molecule has 1 atom stereocenters. The van der Waals surface area contributed by atoms with Gasteiger partial charge >= 0.3 is 0 Å². The molecule has 1 aromatic rings. The van der Waals surface area contributed by atoms with Crippen molar-refractivity contribution in [3.05, 3.63) is 23.9 Å². The summed E-state index contributed by atoms with van der Waals surface area (Å²) in [6.07, 6.45) is 5.37. The topological polar surface area (TPSA) is 79.4 Å². The first-order chi connectivity index (χ1) is 10.9. The Balaban J connectivity index is 1.92. The van der Waals surface area contributed by atoms with Gasteiger partial charge in [0, 0.05) is 25.8 Å². The van der Waals surface area contributed by atoms with Crippen molar-refractivity contribution in [1.29, 1.82) is 0 Å². The molecule has 0 aromatic carbocycles. The number of anilines is 1. The van der Waals surface area contributed by atoms with E-state index in [-0.39, 0.29) is 23.5 Å². The Kier molecular flexibility index (Phi) is 5.98. The summed E-state index contributed by atoms with van der Waals surface area (Å²) < 4.78 is 23.1. The maximum Gasteiger partial charge on any atom is 0.252 e. The fourth-order valence-electron chi connectivity index (χ4n) is 2.68. The van der Waals surface area contributed by atoms with Crippen molar-refractivity contribution >= 4 is 21.6 Å². The van der Waals surface area contributed by atoms with Crippen LogP contribution >= 0.6 is 0 Å². The van der Waals surface area contributed by atoms with Gasteiger partial charge in [-0.05, 0) is 25.0 Å². The minimum absolute atomic E-state index is 0.0405. The van der Waals surface area contributed by atoms with Crippen molar-refractivity contribution in [3.63, 3.8) is 0 Å². The van der Waals surface area contributed by atoms with Gasteiger partial charge < -0.3 is 10.2 Å². The van der Waals surface area contributed by atoms with Gasteiger partial charge in [0.15, 0.2) is 9.84 Å². The number of amides is 1. The zero-order chi connectivity index (χ0) is 16.9. The molecular weight excluding hydrogens is 314 g/mol. The number of hydrogen-bond donors (Lipinski definition) is 1. The molecule has 0 aliphatic carbocycles. The third kappa shape index (κ3) is 4.92. The first-order valence-corrected chi connectivity index (χ1v) is 9.92. The smallest absolute Gasteiger partial charge is 0.252 e. The van der Waals surface area contributed by atoms with Crippen molar-refractivity contribution in [2.24, 2.45) is 0 Å². The number of carbonyl (C=O) groups is 1. The number of rotatable bonds is 7. The maximum atomic E-state index is 12.0. The van der Waals surface area contributed by atoms with Crippen LogP contribution in [0.15, 0.2) is 18.3 Å². The van der Waals surface area contributed by atoms with Gasteiger partial charge in [0.05, 0.1) is 17.1 Å². The van der Waals surface area contributed by atoms with Crippen molar-refractivity contribution in [3.8, 4) is 0 Å². The average Bonchev–Trinajstić information content (AvgIpc) is 2.91. The quantitative estimate of drug-likeness (QED) is 0.764. The molecule has 1 N–H and O–H groups in total. The summed E-state index contributed by atoms with van der Waals surface area (Å²) in [5.41, 5.74) is 0.526. The fraction of sp³-hybridized carbons (Fsp3) is 0.625. The molecule has 1 aliphatic heterocycles. The van der Waals surface area contributed by atoms with Crippen LogP contribution in [0.3, 0.4) is 0 Å². The van der Waals surface area contributed by atoms with E-state index in [9.17, 15) is 13.2 Å². The Bertz CT molecular complexity index is 628. The van der Waals surface area contributed by atoms with Gasteiger partial charge in [-0.15, -0.1) is 0 Å². The molecule has 1 fully saturated rings.